The summed E-state index contributed by atoms with van der Waals surface area (Å²) < 4.78 is 28.5. The summed E-state index contributed by atoms with van der Waals surface area (Å²) in [5, 5.41) is 5.53. The number of thioether (sulfide) groups is 1. The minimum atomic E-state index is -2.99. The lowest BCUT2D eigenvalue weighted by Crippen LogP contribution is -2.40. The Morgan fingerprint density at radius 3 is 2.79 bits per heavy atom. The lowest BCUT2D eigenvalue weighted by atomic mass is 10.2. The number of nitrogens with zero attached hydrogens (tertiary/aromatic N) is 1. The van der Waals surface area contributed by atoms with Gasteiger partial charge in [-0.05, 0) is 44.5 Å². The van der Waals surface area contributed by atoms with E-state index < -0.39 is 9.84 Å². The summed E-state index contributed by atoms with van der Waals surface area (Å²) in [5.74, 6) is 1.56. The molecule has 1 saturated heterocycles. The number of ether oxygens (including phenoxy) is 1. The Balaban J connectivity index is 1.50. The van der Waals surface area contributed by atoms with E-state index in [1.54, 1.807) is 11.3 Å². The lowest BCUT2D eigenvalue weighted by Gasteiger charge is -2.15. The number of sulfone groups is 1. The zero-order valence-electron chi connectivity index (χ0n) is 15.9. The van der Waals surface area contributed by atoms with Gasteiger partial charge < -0.3 is 10.1 Å². The summed E-state index contributed by atoms with van der Waals surface area (Å²) in [6.07, 6.45) is 0.503. The van der Waals surface area contributed by atoms with Crippen LogP contribution in [-0.4, -0.2) is 48.7 Å². The predicted molar refractivity (Wildman–Crippen MR) is 115 cm³/mol. The van der Waals surface area contributed by atoms with E-state index in [-0.39, 0.29) is 28.7 Å². The van der Waals surface area contributed by atoms with E-state index in [1.165, 1.54) is 11.8 Å². The average molecular weight is 441 g/mol. The zero-order valence-corrected chi connectivity index (χ0v) is 18.3. The van der Waals surface area contributed by atoms with Gasteiger partial charge in [0, 0.05) is 22.7 Å². The number of benzene rings is 1. The van der Waals surface area contributed by atoms with Crippen molar-refractivity contribution >= 4 is 38.8 Å². The first-order valence-corrected chi connectivity index (χ1v) is 12.9. The molecule has 2 atom stereocenters. The standard InChI is InChI=1S/C19H24N2O4S3/c1-3-25-17-6-4-14(5-7-17)19-21-16(11-27-19)10-26-13(2)18(22)20-15-8-9-28(23,24)12-15/h4-7,11,13,15H,3,8-10,12H2,1-2H3,(H,20,22). The van der Waals surface area contributed by atoms with Gasteiger partial charge in [-0.2, -0.15) is 0 Å². The van der Waals surface area contributed by atoms with Gasteiger partial charge >= 0.3 is 0 Å². The highest BCUT2D eigenvalue weighted by Gasteiger charge is 2.30. The normalized spacial score (nSPS) is 19.3. The number of rotatable bonds is 8. The fraction of sp³-hybridized carbons (Fsp3) is 0.474. The summed E-state index contributed by atoms with van der Waals surface area (Å²) in [6.45, 7) is 4.43. The van der Waals surface area contributed by atoms with Crippen molar-refractivity contribution in [1.82, 2.24) is 10.3 Å². The third kappa shape index (κ3) is 5.71. The maximum absolute atomic E-state index is 12.3. The molecule has 9 heteroatoms. The van der Waals surface area contributed by atoms with Crippen molar-refractivity contribution in [3.8, 4) is 16.3 Å². The van der Waals surface area contributed by atoms with Crippen LogP contribution in [0.4, 0.5) is 0 Å². The predicted octanol–water partition coefficient (Wildman–Crippen LogP) is 3.13. The molecule has 3 rings (SSSR count). The molecule has 2 unspecified atom stereocenters. The number of carbonyl (C=O) groups excluding carboxylic acids is 1. The quantitative estimate of drug-likeness (QED) is 0.679. The van der Waals surface area contributed by atoms with Crippen LogP contribution in [0.3, 0.4) is 0 Å². The topological polar surface area (TPSA) is 85.4 Å². The van der Waals surface area contributed by atoms with Gasteiger partial charge in [0.1, 0.15) is 10.8 Å². The minimum Gasteiger partial charge on any atom is -0.494 e. The summed E-state index contributed by atoms with van der Waals surface area (Å²) >= 11 is 3.08. The smallest absolute Gasteiger partial charge is 0.233 e. The third-order valence-electron chi connectivity index (χ3n) is 4.39. The highest BCUT2D eigenvalue weighted by Crippen LogP contribution is 2.28. The number of amides is 1. The molecule has 1 aliphatic heterocycles. The van der Waals surface area contributed by atoms with Crippen LogP contribution in [-0.2, 0) is 20.4 Å². The van der Waals surface area contributed by atoms with Gasteiger partial charge in [0.15, 0.2) is 9.84 Å². The Bertz CT molecular complexity index is 910. The molecule has 28 heavy (non-hydrogen) atoms. The summed E-state index contributed by atoms with van der Waals surface area (Å²) in [5.41, 5.74) is 1.97. The molecule has 0 radical (unpaired) electrons. The Labute approximate surface area is 174 Å². The van der Waals surface area contributed by atoms with Gasteiger partial charge in [-0.25, -0.2) is 13.4 Å². The van der Waals surface area contributed by atoms with Gasteiger partial charge in [-0.15, -0.1) is 23.1 Å². The van der Waals surface area contributed by atoms with Crippen LogP contribution < -0.4 is 10.1 Å². The monoisotopic (exact) mass is 440 g/mol. The van der Waals surface area contributed by atoms with Crippen molar-refractivity contribution in [2.75, 3.05) is 18.1 Å². The number of hydrogen-bond donors (Lipinski definition) is 1. The van der Waals surface area contributed by atoms with Crippen molar-refractivity contribution in [2.45, 2.75) is 37.3 Å². The van der Waals surface area contributed by atoms with E-state index >= 15 is 0 Å². The fourth-order valence-electron chi connectivity index (χ4n) is 2.88. The van der Waals surface area contributed by atoms with Crippen LogP contribution in [0.5, 0.6) is 5.75 Å². The zero-order chi connectivity index (χ0) is 20.1. The average Bonchev–Trinajstić information content (AvgIpc) is 3.27. The first-order chi connectivity index (χ1) is 13.4. The van der Waals surface area contributed by atoms with Gasteiger partial charge in [0.25, 0.3) is 0 Å². The van der Waals surface area contributed by atoms with Crippen LogP contribution >= 0.6 is 23.1 Å². The van der Waals surface area contributed by atoms with E-state index in [4.69, 9.17) is 4.74 Å². The molecule has 1 amide bonds. The Kier molecular flexibility index (Phi) is 7.00. The van der Waals surface area contributed by atoms with Crippen molar-refractivity contribution in [2.24, 2.45) is 0 Å². The van der Waals surface area contributed by atoms with Crippen LogP contribution in [0.25, 0.3) is 10.6 Å². The molecule has 0 spiro atoms. The largest absolute Gasteiger partial charge is 0.494 e. The molecule has 1 aliphatic rings. The first kappa shape index (κ1) is 21.1. The molecule has 152 valence electrons. The molecule has 6 nitrogen and oxygen atoms in total. The van der Waals surface area contributed by atoms with Crippen molar-refractivity contribution in [1.29, 1.82) is 0 Å². The molecule has 1 aromatic heterocycles. The number of carbonyl (C=O) groups is 1. The molecular formula is C19H24N2O4S3. The molecule has 0 aliphatic carbocycles. The van der Waals surface area contributed by atoms with E-state index in [0.717, 1.165) is 22.0 Å². The van der Waals surface area contributed by atoms with Crippen LogP contribution in [0, 0.1) is 0 Å². The SMILES string of the molecule is CCOc1ccc(-c2nc(CSC(C)C(=O)NC3CCS(=O)(=O)C3)cs2)cc1. The van der Waals surface area contributed by atoms with Gasteiger partial charge in [0.2, 0.25) is 5.91 Å². The van der Waals surface area contributed by atoms with Crippen molar-refractivity contribution in [3.05, 3.63) is 35.3 Å². The lowest BCUT2D eigenvalue weighted by molar-refractivity contribution is -0.120. The first-order valence-electron chi connectivity index (χ1n) is 9.16. The van der Waals surface area contributed by atoms with E-state index in [9.17, 15) is 13.2 Å². The van der Waals surface area contributed by atoms with E-state index in [2.05, 4.69) is 10.3 Å². The molecule has 1 aromatic carbocycles. The summed E-state index contributed by atoms with van der Waals surface area (Å²) in [7, 11) is -2.99. The Hall–Kier alpha value is -1.58. The maximum atomic E-state index is 12.3. The summed E-state index contributed by atoms with van der Waals surface area (Å²) in [6, 6.07) is 7.60. The Morgan fingerprint density at radius 2 is 2.14 bits per heavy atom. The van der Waals surface area contributed by atoms with Crippen molar-refractivity contribution in [3.63, 3.8) is 0 Å². The number of thiazole rings is 1. The van der Waals surface area contributed by atoms with Gasteiger partial charge in [-0.3, -0.25) is 4.79 Å². The second kappa shape index (κ2) is 9.28. The van der Waals surface area contributed by atoms with Crippen LogP contribution in [0.1, 0.15) is 26.0 Å². The molecular weight excluding hydrogens is 416 g/mol. The molecule has 0 saturated carbocycles. The Morgan fingerprint density at radius 1 is 1.39 bits per heavy atom. The highest BCUT2D eigenvalue weighted by molar-refractivity contribution is 7.99. The van der Waals surface area contributed by atoms with Gasteiger partial charge in [0.05, 0.1) is 29.1 Å². The minimum absolute atomic E-state index is 0.0493. The van der Waals surface area contributed by atoms with Crippen LogP contribution in [0.2, 0.25) is 0 Å². The van der Waals surface area contributed by atoms with Gasteiger partial charge in [-0.1, -0.05) is 0 Å². The van der Waals surface area contributed by atoms with Crippen molar-refractivity contribution < 1.29 is 17.9 Å². The summed E-state index contributed by atoms with van der Waals surface area (Å²) in [4.78, 5) is 16.9. The van der Waals surface area contributed by atoms with Crippen LogP contribution in [0.15, 0.2) is 29.6 Å². The fourth-order valence-corrected chi connectivity index (χ4v) is 6.27. The number of aromatic nitrogens is 1. The molecule has 0 bridgehead atoms. The molecule has 1 N–H and O–H groups in total. The molecule has 1 fully saturated rings. The number of nitrogens with one attached hydrogen (secondary N) is 1. The van der Waals surface area contributed by atoms with E-state index in [1.807, 2.05) is 43.5 Å². The second-order valence-corrected chi connectivity index (χ2v) is 11.1. The highest BCUT2D eigenvalue weighted by atomic mass is 32.2. The third-order valence-corrected chi connectivity index (χ3v) is 8.28. The van der Waals surface area contributed by atoms with E-state index in [0.29, 0.717) is 18.8 Å². The molecule has 2 heterocycles. The second-order valence-electron chi connectivity index (χ2n) is 6.66. The molecule has 2 aromatic rings. The maximum Gasteiger partial charge on any atom is 0.233 e. The number of hydrogen-bond acceptors (Lipinski definition) is 7.